The van der Waals surface area contributed by atoms with Crippen LogP contribution in [0, 0.1) is 6.92 Å². The monoisotopic (exact) mass is 367 g/mol. The largest absolute Gasteiger partial charge is 0.497 e. The molecule has 2 aromatic carbocycles. The first-order chi connectivity index (χ1) is 12.8. The van der Waals surface area contributed by atoms with Crippen LogP contribution < -0.4 is 10.1 Å². The number of hydrogen-bond acceptors (Lipinski definition) is 3. The third kappa shape index (κ3) is 4.69. The van der Waals surface area contributed by atoms with Crippen LogP contribution in [0.4, 0.5) is 5.69 Å². The summed E-state index contributed by atoms with van der Waals surface area (Å²) in [6, 6.07) is 16.0. The van der Waals surface area contributed by atoms with Gasteiger partial charge in [-0.15, -0.1) is 0 Å². The van der Waals surface area contributed by atoms with Gasteiger partial charge in [0.25, 0.3) is 0 Å². The minimum Gasteiger partial charge on any atom is -0.497 e. The summed E-state index contributed by atoms with van der Waals surface area (Å²) in [7, 11) is 1.63. The van der Waals surface area contributed by atoms with Crippen LogP contribution in [0.15, 0.2) is 48.5 Å². The van der Waals surface area contributed by atoms with Crippen LogP contribution in [0.1, 0.15) is 44.2 Å². The zero-order valence-corrected chi connectivity index (χ0v) is 16.7. The van der Waals surface area contributed by atoms with Gasteiger partial charge in [-0.2, -0.15) is 0 Å². The van der Waals surface area contributed by atoms with E-state index in [2.05, 4.69) is 50.4 Å². The highest BCUT2D eigenvalue weighted by molar-refractivity contribution is 5.91. The van der Waals surface area contributed by atoms with E-state index in [1.54, 1.807) is 7.11 Å². The number of benzene rings is 2. The van der Waals surface area contributed by atoms with Crippen molar-refractivity contribution in [2.24, 2.45) is 0 Å². The second kappa shape index (κ2) is 7.73. The zero-order chi connectivity index (χ0) is 19.5. The Hall–Kier alpha value is -2.33. The van der Waals surface area contributed by atoms with E-state index in [0.29, 0.717) is 13.0 Å². The molecule has 1 atom stereocenters. The molecule has 27 heavy (non-hydrogen) atoms. The summed E-state index contributed by atoms with van der Waals surface area (Å²) in [4.78, 5) is 12.9. The van der Waals surface area contributed by atoms with Gasteiger partial charge in [0.2, 0.25) is 5.91 Å². The quantitative estimate of drug-likeness (QED) is 0.821. The molecule has 4 heteroatoms. The third-order valence-electron chi connectivity index (χ3n) is 5.37. The molecule has 1 fully saturated rings. The Balaban J connectivity index is 1.82. The number of ether oxygens (including phenoxy) is 2. The molecule has 2 aromatic rings. The Morgan fingerprint density at radius 1 is 1.11 bits per heavy atom. The van der Waals surface area contributed by atoms with E-state index in [9.17, 15) is 4.79 Å². The van der Waals surface area contributed by atoms with Gasteiger partial charge in [-0.25, -0.2) is 0 Å². The van der Waals surface area contributed by atoms with Crippen LogP contribution in [0.25, 0.3) is 0 Å². The predicted octanol–water partition coefficient (Wildman–Crippen LogP) is 4.86. The average Bonchev–Trinajstić information content (AvgIpc) is 2.62. The molecule has 0 saturated carbocycles. The van der Waals surface area contributed by atoms with Gasteiger partial charge in [0, 0.05) is 24.1 Å². The van der Waals surface area contributed by atoms with Gasteiger partial charge in [0.15, 0.2) is 0 Å². The molecule has 4 nitrogen and oxygen atoms in total. The Morgan fingerprint density at radius 2 is 1.78 bits per heavy atom. The summed E-state index contributed by atoms with van der Waals surface area (Å²) in [5, 5.41) is 3.04. The van der Waals surface area contributed by atoms with Crippen molar-refractivity contribution in [2.75, 3.05) is 19.0 Å². The lowest BCUT2D eigenvalue weighted by Crippen LogP contribution is -2.45. The van der Waals surface area contributed by atoms with Crippen molar-refractivity contribution in [3.63, 3.8) is 0 Å². The summed E-state index contributed by atoms with van der Waals surface area (Å²) in [5.74, 6) is 0.800. The minimum atomic E-state index is -0.246. The molecule has 1 N–H and O–H groups in total. The molecular weight excluding hydrogens is 338 g/mol. The van der Waals surface area contributed by atoms with Crippen LogP contribution in [0.5, 0.6) is 5.75 Å². The van der Waals surface area contributed by atoms with Gasteiger partial charge >= 0.3 is 0 Å². The Morgan fingerprint density at radius 3 is 2.37 bits per heavy atom. The van der Waals surface area contributed by atoms with E-state index in [4.69, 9.17) is 9.47 Å². The van der Waals surface area contributed by atoms with Crippen LogP contribution in [-0.2, 0) is 14.9 Å². The molecule has 1 aliphatic rings. The van der Waals surface area contributed by atoms with Crippen LogP contribution in [-0.4, -0.2) is 25.2 Å². The molecule has 0 bridgehead atoms. The maximum absolute atomic E-state index is 12.9. The molecule has 0 aliphatic carbocycles. The number of methoxy groups -OCH3 is 1. The Kier molecular flexibility index (Phi) is 5.56. The van der Waals surface area contributed by atoms with E-state index >= 15 is 0 Å². The highest BCUT2D eigenvalue weighted by Crippen LogP contribution is 2.44. The molecule has 0 aromatic heterocycles. The number of aryl methyl sites for hydroxylation is 1. The van der Waals surface area contributed by atoms with Gasteiger partial charge < -0.3 is 14.8 Å². The van der Waals surface area contributed by atoms with Gasteiger partial charge in [-0.05, 0) is 63.4 Å². The fourth-order valence-corrected chi connectivity index (χ4v) is 4.07. The molecule has 1 amide bonds. The lowest BCUT2D eigenvalue weighted by atomic mass is 9.67. The molecule has 3 rings (SSSR count). The van der Waals surface area contributed by atoms with Crippen molar-refractivity contribution in [1.82, 2.24) is 0 Å². The summed E-state index contributed by atoms with van der Waals surface area (Å²) >= 11 is 0. The number of carbonyl (C=O) groups excluding carboxylic acids is 1. The maximum Gasteiger partial charge on any atom is 0.225 e. The second-order valence-electron chi connectivity index (χ2n) is 8.13. The van der Waals surface area contributed by atoms with Gasteiger partial charge in [0.1, 0.15) is 5.75 Å². The van der Waals surface area contributed by atoms with Gasteiger partial charge in [0.05, 0.1) is 12.7 Å². The Bertz CT molecular complexity index is 780. The first kappa shape index (κ1) is 19.4. The Labute approximate surface area is 161 Å². The summed E-state index contributed by atoms with van der Waals surface area (Å²) in [6.45, 7) is 6.96. The number of nitrogens with one attached hydrogen (secondary N) is 1. The van der Waals surface area contributed by atoms with E-state index in [0.717, 1.165) is 24.3 Å². The standard InChI is InChI=1S/C23H29NO3/c1-17-5-7-18(8-6-17)23(13-14-27-22(2,3)16-23)15-21(25)24-19-9-11-20(26-4)12-10-19/h5-12H,13-16H2,1-4H3,(H,24,25). The smallest absolute Gasteiger partial charge is 0.225 e. The zero-order valence-electron chi connectivity index (χ0n) is 16.7. The van der Waals surface area contributed by atoms with Crippen molar-refractivity contribution in [3.05, 3.63) is 59.7 Å². The van der Waals surface area contributed by atoms with Crippen molar-refractivity contribution >= 4 is 11.6 Å². The van der Waals surface area contributed by atoms with Crippen LogP contribution in [0.2, 0.25) is 0 Å². The van der Waals surface area contributed by atoms with Crippen molar-refractivity contribution in [2.45, 2.75) is 51.0 Å². The summed E-state index contributed by atoms with van der Waals surface area (Å²) in [6.07, 6.45) is 2.10. The first-order valence-electron chi connectivity index (χ1n) is 9.47. The molecular formula is C23H29NO3. The molecule has 1 heterocycles. The fraction of sp³-hybridized carbons (Fsp3) is 0.435. The average molecular weight is 367 g/mol. The van der Waals surface area contributed by atoms with Crippen LogP contribution >= 0.6 is 0 Å². The molecule has 1 unspecified atom stereocenters. The number of rotatable bonds is 5. The molecule has 0 radical (unpaired) electrons. The SMILES string of the molecule is COc1ccc(NC(=O)CC2(c3ccc(C)cc3)CCOC(C)(C)C2)cc1. The normalized spacial score (nSPS) is 21.5. The fourth-order valence-electron chi connectivity index (χ4n) is 4.07. The third-order valence-corrected chi connectivity index (χ3v) is 5.37. The number of anilines is 1. The summed E-state index contributed by atoms with van der Waals surface area (Å²) < 4.78 is 11.1. The molecule has 1 aliphatic heterocycles. The number of hydrogen-bond donors (Lipinski definition) is 1. The van der Waals surface area contributed by atoms with E-state index in [1.807, 2.05) is 24.3 Å². The second-order valence-corrected chi connectivity index (χ2v) is 8.13. The first-order valence-corrected chi connectivity index (χ1v) is 9.47. The van der Waals surface area contributed by atoms with Gasteiger partial charge in [-0.1, -0.05) is 29.8 Å². The highest BCUT2D eigenvalue weighted by Gasteiger charge is 2.43. The van der Waals surface area contributed by atoms with E-state index in [1.165, 1.54) is 11.1 Å². The molecule has 0 spiro atoms. The molecule has 144 valence electrons. The lowest BCUT2D eigenvalue weighted by molar-refractivity contribution is -0.122. The predicted molar refractivity (Wildman–Crippen MR) is 108 cm³/mol. The van der Waals surface area contributed by atoms with E-state index in [-0.39, 0.29) is 16.9 Å². The van der Waals surface area contributed by atoms with Crippen LogP contribution in [0.3, 0.4) is 0 Å². The summed E-state index contributed by atoms with van der Waals surface area (Å²) in [5.41, 5.74) is 2.76. The van der Waals surface area contributed by atoms with Crippen molar-refractivity contribution < 1.29 is 14.3 Å². The number of amides is 1. The van der Waals surface area contributed by atoms with Crippen molar-refractivity contribution in [1.29, 1.82) is 0 Å². The topological polar surface area (TPSA) is 47.6 Å². The lowest BCUT2D eigenvalue weighted by Gasteiger charge is -2.45. The number of carbonyl (C=O) groups is 1. The highest BCUT2D eigenvalue weighted by atomic mass is 16.5. The van der Waals surface area contributed by atoms with Gasteiger partial charge in [-0.3, -0.25) is 4.79 Å². The molecule has 1 saturated heterocycles. The van der Waals surface area contributed by atoms with E-state index < -0.39 is 0 Å². The maximum atomic E-state index is 12.9. The van der Waals surface area contributed by atoms with Crippen molar-refractivity contribution in [3.8, 4) is 5.75 Å². The minimum absolute atomic E-state index is 0.0263.